The molecule has 134 valence electrons. The highest BCUT2D eigenvalue weighted by Crippen LogP contribution is 2.36. The molecule has 0 amide bonds. The van der Waals surface area contributed by atoms with E-state index in [1.165, 1.54) is 16.5 Å². The van der Waals surface area contributed by atoms with E-state index in [9.17, 15) is 0 Å². The van der Waals surface area contributed by atoms with Gasteiger partial charge in [-0.05, 0) is 28.1 Å². The molecule has 27 heavy (non-hydrogen) atoms. The molecule has 0 bridgehead atoms. The van der Waals surface area contributed by atoms with Crippen molar-refractivity contribution in [3.63, 3.8) is 0 Å². The van der Waals surface area contributed by atoms with Crippen molar-refractivity contribution < 1.29 is 9.47 Å². The Labute approximate surface area is 160 Å². The number of hydrogen-bond donors (Lipinski definition) is 0. The van der Waals surface area contributed by atoms with Gasteiger partial charge in [-0.15, -0.1) is 0 Å². The maximum Gasteiger partial charge on any atom is 0.147 e. The van der Waals surface area contributed by atoms with Gasteiger partial charge in [0.2, 0.25) is 0 Å². The van der Waals surface area contributed by atoms with Crippen LogP contribution < -0.4 is 4.74 Å². The molecule has 1 atom stereocenters. The van der Waals surface area contributed by atoms with E-state index < -0.39 is 0 Å². The monoisotopic (exact) mass is 354 g/mol. The molecule has 4 aromatic carbocycles. The molecule has 0 saturated carbocycles. The minimum Gasteiger partial charge on any atom is -0.483 e. The highest BCUT2D eigenvalue weighted by molar-refractivity contribution is 6.00. The van der Waals surface area contributed by atoms with Crippen molar-refractivity contribution >= 4 is 10.8 Å². The van der Waals surface area contributed by atoms with Crippen LogP contribution in [0.4, 0.5) is 0 Å². The van der Waals surface area contributed by atoms with Crippen LogP contribution in [-0.2, 0) is 4.74 Å². The molecule has 1 unspecified atom stereocenters. The summed E-state index contributed by atoms with van der Waals surface area (Å²) in [6.07, 6.45) is -0.151. The van der Waals surface area contributed by atoms with Crippen molar-refractivity contribution in [3.8, 4) is 16.9 Å². The predicted octanol–water partition coefficient (Wildman–Crippen LogP) is 6.27. The number of hydrogen-bond acceptors (Lipinski definition) is 2. The summed E-state index contributed by atoms with van der Waals surface area (Å²) >= 11 is 0. The van der Waals surface area contributed by atoms with E-state index in [4.69, 9.17) is 9.47 Å². The Hall–Kier alpha value is -3.10. The first kappa shape index (κ1) is 17.3. The zero-order valence-corrected chi connectivity index (χ0v) is 15.3. The normalized spacial score (nSPS) is 12.0. The molecular weight excluding hydrogens is 332 g/mol. The summed E-state index contributed by atoms with van der Waals surface area (Å²) in [6.45, 7) is 0.499. The van der Waals surface area contributed by atoms with Crippen LogP contribution in [0.1, 0.15) is 11.7 Å². The summed E-state index contributed by atoms with van der Waals surface area (Å²) in [4.78, 5) is 0. The van der Waals surface area contributed by atoms with Gasteiger partial charge in [-0.25, -0.2) is 0 Å². The number of benzene rings is 4. The summed E-state index contributed by atoms with van der Waals surface area (Å²) in [5.41, 5.74) is 3.52. The Morgan fingerprint density at radius 3 is 2.00 bits per heavy atom. The van der Waals surface area contributed by atoms with Crippen molar-refractivity contribution in [3.05, 3.63) is 103 Å². The fraction of sp³-hybridized carbons (Fsp3) is 0.120. The average molecular weight is 354 g/mol. The highest BCUT2D eigenvalue weighted by atomic mass is 16.5. The van der Waals surface area contributed by atoms with E-state index >= 15 is 0 Å². The van der Waals surface area contributed by atoms with Crippen molar-refractivity contribution in [1.29, 1.82) is 0 Å². The Bertz CT molecular complexity index is 1010. The lowest BCUT2D eigenvalue weighted by Gasteiger charge is -2.21. The van der Waals surface area contributed by atoms with Gasteiger partial charge >= 0.3 is 0 Å². The maximum absolute atomic E-state index is 6.42. The fourth-order valence-corrected chi connectivity index (χ4v) is 3.41. The van der Waals surface area contributed by atoms with Gasteiger partial charge in [0.15, 0.2) is 0 Å². The first-order valence-electron chi connectivity index (χ1n) is 9.14. The van der Waals surface area contributed by atoms with Gasteiger partial charge in [0, 0.05) is 12.5 Å². The number of fused-ring (bicyclic) bond motifs is 1. The third-order valence-corrected chi connectivity index (χ3v) is 4.73. The topological polar surface area (TPSA) is 18.5 Å². The van der Waals surface area contributed by atoms with E-state index in [0.29, 0.717) is 6.61 Å². The van der Waals surface area contributed by atoms with Crippen LogP contribution in [-0.4, -0.2) is 13.7 Å². The van der Waals surface area contributed by atoms with Crippen molar-refractivity contribution in [1.82, 2.24) is 0 Å². The van der Waals surface area contributed by atoms with Gasteiger partial charge < -0.3 is 9.47 Å². The average Bonchev–Trinajstić information content (AvgIpc) is 2.75. The highest BCUT2D eigenvalue weighted by Gasteiger charge is 2.16. The quantitative estimate of drug-likeness (QED) is 0.406. The van der Waals surface area contributed by atoms with Crippen LogP contribution >= 0.6 is 0 Å². The van der Waals surface area contributed by atoms with Crippen LogP contribution in [0.25, 0.3) is 21.9 Å². The third-order valence-electron chi connectivity index (χ3n) is 4.73. The Morgan fingerprint density at radius 2 is 1.30 bits per heavy atom. The Balaban J connectivity index is 1.77. The molecule has 0 aliphatic carbocycles. The van der Waals surface area contributed by atoms with Crippen LogP contribution in [0.3, 0.4) is 0 Å². The standard InChI is InChI=1S/C25H22O2/c1-26-18-25(20-12-6-3-7-13-20)27-24-17-16-21(19-10-4-2-5-11-19)22-14-8-9-15-23(22)24/h2-17,25H,18H2,1H3. The molecule has 0 aromatic heterocycles. The van der Waals surface area contributed by atoms with Gasteiger partial charge in [0.25, 0.3) is 0 Å². The van der Waals surface area contributed by atoms with Gasteiger partial charge in [-0.1, -0.05) is 91.0 Å². The lowest BCUT2D eigenvalue weighted by molar-refractivity contribution is 0.0820. The molecule has 0 aliphatic rings. The maximum atomic E-state index is 6.42. The van der Waals surface area contributed by atoms with E-state index in [0.717, 1.165) is 16.7 Å². The number of methoxy groups -OCH3 is 1. The molecule has 0 N–H and O–H groups in total. The molecule has 0 radical (unpaired) electrons. The van der Waals surface area contributed by atoms with Gasteiger partial charge in [0.1, 0.15) is 11.9 Å². The SMILES string of the molecule is COCC(Oc1ccc(-c2ccccc2)c2ccccc12)c1ccccc1. The molecule has 0 spiro atoms. The summed E-state index contributed by atoms with van der Waals surface area (Å²) in [5.74, 6) is 0.871. The van der Waals surface area contributed by atoms with Crippen LogP contribution in [0.2, 0.25) is 0 Å². The second-order valence-corrected chi connectivity index (χ2v) is 6.50. The second kappa shape index (κ2) is 8.07. The first-order chi connectivity index (χ1) is 13.4. The second-order valence-electron chi connectivity index (χ2n) is 6.50. The number of ether oxygens (including phenoxy) is 2. The van der Waals surface area contributed by atoms with Gasteiger partial charge in [0.05, 0.1) is 6.61 Å². The first-order valence-corrected chi connectivity index (χ1v) is 9.14. The predicted molar refractivity (Wildman–Crippen MR) is 111 cm³/mol. The van der Waals surface area contributed by atoms with E-state index in [1.807, 2.05) is 24.3 Å². The number of rotatable bonds is 6. The van der Waals surface area contributed by atoms with Crippen LogP contribution in [0, 0.1) is 0 Å². The van der Waals surface area contributed by atoms with E-state index in [1.54, 1.807) is 7.11 Å². The molecule has 0 fully saturated rings. The van der Waals surface area contributed by atoms with E-state index in [2.05, 4.69) is 72.8 Å². The molecule has 4 rings (SSSR count). The Kier molecular flexibility index (Phi) is 5.17. The smallest absolute Gasteiger partial charge is 0.147 e. The van der Waals surface area contributed by atoms with Crippen molar-refractivity contribution in [2.45, 2.75) is 6.10 Å². The lowest BCUT2D eigenvalue weighted by Crippen LogP contribution is -2.13. The molecule has 0 aliphatic heterocycles. The Morgan fingerprint density at radius 1 is 0.667 bits per heavy atom. The minimum atomic E-state index is -0.151. The third kappa shape index (κ3) is 3.71. The van der Waals surface area contributed by atoms with Crippen molar-refractivity contribution in [2.24, 2.45) is 0 Å². The van der Waals surface area contributed by atoms with Gasteiger partial charge in [-0.3, -0.25) is 0 Å². The largest absolute Gasteiger partial charge is 0.483 e. The summed E-state index contributed by atoms with van der Waals surface area (Å²) < 4.78 is 11.8. The molecular formula is C25H22O2. The lowest BCUT2D eigenvalue weighted by atomic mass is 9.97. The summed E-state index contributed by atoms with van der Waals surface area (Å²) in [6, 6.07) is 33.3. The zero-order valence-electron chi connectivity index (χ0n) is 15.3. The molecule has 0 saturated heterocycles. The molecule has 4 aromatic rings. The summed E-state index contributed by atoms with van der Waals surface area (Å²) in [7, 11) is 1.70. The zero-order chi connectivity index (χ0) is 18.5. The van der Waals surface area contributed by atoms with Crippen LogP contribution in [0.15, 0.2) is 97.1 Å². The van der Waals surface area contributed by atoms with Gasteiger partial charge in [-0.2, -0.15) is 0 Å². The fourth-order valence-electron chi connectivity index (χ4n) is 3.41. The molecule has 2 heteroatoms. The van der Waals surface area contributed by atoms with Crippen molar-refractivity contribution in [2.75, 3.05) is 13.7 Å². The molecule has 0 heterocycles. The van der Waals surface area contributed by atoms with E-state index in [-0.39, 0.29) is 6.10 Å². The van der Waals surface area contributed by atoms with Crippen LogP contribution in [0.5, 0.6) is 5.75 Å². The molecule has 2 nitrogen and oxygen atoms in total. The minimum absolute atomic E-state index is 0.151. The summed E-state index contributed by atoms with van der Waals surface area (Å²) in [5, 5.41) is 2.29.